The number of ether oxygens (including phenoxy) is 4. The van der Waals surface area contributed by atoms with Gasteiger partial charge in [0.2, 0.25) is 5.91 Å². The highest BCUT2D eigenvalue weighted by molar-refractivity contribution is 6.14. The topological polar surface area (TPSA) is 83.1 Å². The van der Waals surface area contributed by atoms with Gasteiger partial charge in [0.15, 0.2) is 28.8 Å². The Labute approximate surface area is 151 Å². The summed E-state index contributed by atoms with van der Waals surface area (Å²) in [5.41, 5.74) is 0.974. The summed E-state index contributed by atoms with van der Waals surface area (Å²) < 4.78 is 20.9. The number of anilines is 1. The summed E-state index contributed by atoms with van der Waals surface area (Å²) in [5, 5.41) is 2.65. The van der Waals surface area contributed by atoms with Gasteiger partial charge >= 0.3 is 0 Å². The summed E-state index contributed by atoms with van der Waals surface area (Å²) in [6, 6.07) is 7.93. The first-order valence-electron chi connectivity index (χ1n) is 7.75. The summed E-state index contributed by atoms with van der Waals surface area (Å²) in [7, 11) is 5.96. The molecule has 0 fully saturated rings. The number of hydrogen-bond acceptors (Lipinski definition) is 6. The predicted molar refractivity (Wildman–Crippen MR) is 96.8 cm³/mol. The van der Waals surface area contributed by atoms with E-state index < -0.39 is 0 Å². The lowest BCUT2D eigenvalue weighted by Gasteiger charge is -2.15. The van der Waals surface area contributed by atoms with E-state index in [0.29, 0.717) is 34.2 Å². The summed E-state index contributed by atoms with van der Waals surface area (Å²) >= 11 is 0. The third-order valence-electron chi connectivity index (χ3n) is 3.72. The lowest BCUT2D eigenvalue weighted by Crippen LogP contribution is -2.12. The fourth-order valence-electron chi connectivity index (χ4n) is 2.49. The van der Waals surface area contributed by atoms with E-state index in [2.05, 4.69) is 5.32 Å². The molecule has 0 atom stereocenters. The summed E-state index contributed by atoms with van der Waals surface area (Å²) in [6.07, 6.45) is 0. The highest BCUT2D eigenvalue weighted by Crippen LogP contribution is 2.35. The molecule has 7 nitrogen and oxygen atoms in total. The molecule has 0 aliphatic rings. The van der Waals surface area contributed by atoms with Crippen LogP contribution in [0.25, 0.3) is 0 Å². The molecule has 0 bridgehead atoms. The van der Waals surface area contributed by atoms with E-state index in [1.54, 1.807) is 24.3 Å². The van der Waals surface area contributed by atoms with E-state index in [4.69, 9.17) is 18.9 Å². The van der Waals surface area contributed by atoms with E-state index in [-0.39, 0.29) is 17.3 Å². The van der Waals surface area contributed by atoms with Gasteiger partial charge in [-0.2, -0.15) is 0 Å². The Hall–Kier alpha value is -3.22. The van der Waals surface area contributed by atoms with Gasteiger partial charge in [0.1, 0.15) is 0 Å². The van der Waals surface area contributed by atoms with Crippen molar-refractivity contribution in [1.29, 1.82) is 0 Å². The molecule has 138 valence electrons. The smallest absolute Gasteiger partial charge is 0.221 e. The van der Waals surface area contributed by atoms with Crippen molar-refractivity contribution in [2.24, 2.45) is 0 Å². The first-order chi connectivity index (χ1) is 12.4. The molecule has 1 amide bonds. The number of carbonyl (C=O) groups excluding carboxylic acids is 2. The molecule has 2 rings (SSSR count). The van der Waals surface area contributed by atoms with Crippen molar-refractivity contribution in [3.8, 4) is 23.0 Å². The second-order valence-corrected chi connectivity index (χ2v) is 5.33. The molecule has 0 aromatic heterocycles. The summed E-state index contributed by atoms with van der Waals surface area (Å²) in [5.74, 6) is 1.11. The van der Waals surface area contributed by atoms with Crippen molar-refractivity contribution in [3.63, 3.8) is 0 Å². The van der Waals surface area contributed by atoms with E-state index in [9.17, 15) is 9.59 Å². The van der Waals surface area contributed by atoms with Crippen molar-refractivity contribution in [2.75, 3.05) is 33.8 Å². The highest BCUT2D eigenvalue weighted by Gasteiger charge is 2.20. The van der Waals surface area contributed by atoms with E-state index in [1.165, 1.54) is 41.4 Å². The standard InChI is InChI=1S/C19H21NO6/c1-11(21)20-14-10-18(26-5)17(25-4)9-13(14)19(22)12-6-7-15(23-2)16(8-12)24-3/h6-10H,1-5H3,(H,20,21). The SMILES string of the molecule is COc1ccc(C(=O)c2cc(OC)c(OC)cc2NC(C)=O)cc1OC. The maximum atomic E-state index is 13.0. The monoisotopic (exact) mass is 359 g/mol. The average Bonchev–Trinajstić information content (AvgIpc) is 2.65. The number of rotatable bonds is 7. The maximum Gasteiger partial charge on any atom is 0.221 e. The third-order valence-corrected chi connectivity index (χ3v) is 3.72. The molecule has 1 N–H and O–H groups in total. The van der Waals surface area contributed by atoms with Gasteiger partial charge in [0.05, 0.1) is 39.7 Å². The molecule has 0 aliphatic heterocycles. The van der Waals surface area contributed by atoms with Gasteiger partial charge in [-0.05, 0) is 24.3 Å². The van der Waals surface area contributed by atoms with Gasteiger partial charge < -0.3 is 24.3 Å². The molecular weight excluding hydrogens is 338 g/mol. The molecule has 2 aromatic rings. The van der Waals surface area contributed by atoms with Gasteiger partial charge in [-0.3, -0.25) is 9.59 Å². The number of amides is 1. The minimum atomic E-state index is -0.310. The zero-order valence-corrected chi connectivity index (χ0v) is 15.3. The Morgan fingerprint density at radius 1 is 0.769 bits per heavy atom. The van der Waals surface area contributed by atoms with Crippen molar-refractivity contribution in [2.45, 2.75) is 6.92 Å². The van der Waals surface area contributed by atoms with Crippen LogP contribution in [0.3, 0.4) is 0 Å². The predicted octanol–water partition coefficient (Wildman–Crippen LogP) is 2.91. The highest BCUT2D eigenvalue weighted by atomic mass is 16.5. The Morgan fingerprint density at radius 2 is 1.31 bits per heavy atom. The third kappa shape index (κ3) is 3.88. The van der Waals surface area contributed by atoms with Crippen LogP contribution in [-0.4, -0.2) is 40.1 Å². The molecule has 0 spiro atoms. The Kier molecular flexibility index (Phi) is 6.06. The quantitative estimate of drug-likeness (QED) is 0.766. The van der Waals surface area contributed by atoms with Crippen molar-refractivity contribution >= 4 is 17.4 Å². The summed E-state index contributed by atoms with van der Waals surface area (Å²) in [6.45, 7) is 1.36. The zero-order chi connectivity index (χ0) is 19.3. The van der Waals surface area contributed by atoms with Gasteiger partial charge in [-0.15, -0.1) is 0 Å². The lowest BCUT2D eigenvalue weighted by molar-refractivity contribution is -0.114. The molecule has 0 saturated heterocycles. The molecule has 0 radical (unpaired) electrons. The van der Waals surface area contributed by atoms with Gasteiger partial charge in [-0.1, -0.05) is 0 Å². The van der Waals surface area contributed by atoms with Crippen LogP contribution in [0.5, 0.6) is 23.0 Å². The lowest BCUT2D eigenvalue weighted by atomic mass is 10.00. The van der Waals surface area contributed by atoms with Crippen LogP contribution in [0, 0.1) is 0 Å². The minimum Gasteiger partial charge on any atom is -0.493 e. The zero-order valence-electron chi connectivity index (χ0n) is 15.3. The van der Waals surface area contributed by atoms with Crippen LogP contribution in [-0.2, 0) is 4.79 Å². The Morgan fingerprint density at radius 3 is 1.85 bits per heavy atom. The van der Waals surface area contributed by atoms with Crippen LogP contribution >= 0.6 is 0 Å². The number of nitrogens with one attached hydrogen (secondary N) is 1. The average molecular weight is 359 g/mol. The van der Waals surface area contributed by atoms with Crippen LogP contribution < -0.4 is 24.3 Å². The fraction of sp³-hybridized carbons (Fsp3) is 0.263. The van der Waals surface area contributed by atoms with Gasteiger partial charge in [0, 0.05) is 18.6 Å². The molecule has 7 heteroatoms. The van der Waals surface area contributed by atoms with Crippen LogP contribution in [0.4, 0.5) is 5.69 Å². The van der Waals surface area contributed by atoms with Crippen molar-refractivity contribution in [1.82, 2.24) is 0 Å². The van der Waals surface area contributed by atoms with Crippen LogP contribution in [0.15, 0.2) is 30.3 Å². The number of hydrogen-bond donors (Lipinski definition) is 1. The second kappa shape index (κ2) is 8.24. The molecule has 0 heterocycles. The first kappa shape index (κ1) is 19.1. The number of methoxy groups -OCH3 is 4. The second-order valence-electron chi connectivity index (χ2n) is 5.33. The Bertz CT molecular complexity index is 831. The van der Waals surface area contributed by atoms with E-state index in [1.807, 2.05) is 0 Å². The fourth-order valence-corrected chi connectivity index (χ4v) is 2.49. The van der Waals surface area contributed by atoms with E-state index >= 15 is 0 Å². The summed E-state index contributed by atoms with van der Waals surface area (Å²) in [4.78, 5) is 24.6. The molecule has 0 unspecified atom stereocenters. The van der Waals surface area contributed by atoms with Crippen molar-refractivity contribution < 1.29 is 28.5 Å². The molecule has 2 aromatic carbocycles. The normalized spacial score (nSPS) is 10.0. The Balaban J connectivity index is 2.58. The van der Waals surface area contributed by atoms with Crippen LogP contribution in [0.2, 0.25) is 0 Å². The number of benzene rings is 2. The van der Waals surface area contributed by atoms with Gasteiger partial charge in [-0.25, -0.2) is 0 Å². The van der Waals surface area contributed by atoms with E-state index in [0.717, 1.165) is 0 Å². The largest absolute Gasteiger partial charge is 0.493 e. The van der Waals surface area contributed by atoms with Crippen molar-refractivity contribution in [3.05, 3.63) is 41.5 Å². The number of ketones is 1. The molecule has 26 heavy (non-hydrogen) atoms. The molecular formula is C19H21NO6. The minimum absolute atomic E-state index is 0.269. The van der Waals surface area contributed by atoms with Crippen LogP contribution in [0.1, 0.15) is 22.8 Å². The molecule has 0 saturated carbocycles. The number of carbonyl (C=O) groups is 2. The van der Waals surface area contributed by atoms with Gasteiger partial charge in [0.25, 0.3) is 0 Å². The maximum absolute atomic E-state index is 13.0. The first-order valence-corrected chi connectivity index (χ1v) is 7.75. The molecule has 0 aliphatic carbocycles.